The Morgan fingerprint density at radius 1 is 1.15 bits per heavy atom. The maximum Gasteiger partial charge on any atom is 0.223 e. The van der Waals surface area contributed by atoms with Gasteiger partial charge in [0.25, 0.3) is 0 Å². The predicted molar refractivity (Wildman–Crippen MR) is 117 cm³/mol. The van der Waals surface area contributed by atoms with Crippen LogP contribution < -0.4 is 5.73 Å². The maximum absolute atomic E-state index is 7.21. The zero-order chi connectivity index (χ0) is 19.0. The van der Waals surface area contributed by atoms with E-state index >= 15 is 0 Å². The van der Waals surface area contributed by atoms with Gasteiger partial charge in [-0.3, -0.25) is 0 Å². The molecule has 2 aromatic heterocycles. The molecule has 4 aromatic rings. The van der Waals surface area contributed by atoms with Gasteiger partial charge >= 0.3 is 0 Å². The molecule has 2 aromatic carbocycles. The van der Waals surface area contributed by atoms with Gasteiger partial charge in [-0.2, -0.15) is 4.52 Å². The number of halogens is 2. The quantitative estimate of drug-likeness (QED) is 0.302. The van der Waals surface area contributed by atoms with Crippen LogP contribution in [0.4, 0.5) is 11.6 Å². The second-order valence-corrected chi connectivity index (χ2v) is 7.76. The third-order valence-electron chi connectivity index (χ3n) is 4.05. The molecule has 2 heterocycles. The van der Waals surface area contributed by atoms with E-state index in [4.69, 9.17) is 12.3 Å². The highest BCUT2D eigenvalue weighted by atomic mass is 127. The largest absolute Gasteiger partial charge is 0.368 e. The fourth-order valence-corrected chi connectivity index (χ4v) is 3.98. The molecule has 27 heavy (non-hydrogen) atoms. The van der Waals surface area contributed by atoms with E-state index in [1.165, 1.54) is 0 Å². The van der Waals surface area contributed by atoms with Crippen molar-refractivity contribution in [1.82, 2.24) is 19.6 Å². The Morgan fingerprint density at radius 2 is 1.96 bits per heavy atom. The van der Waals surface area contributed by atoms with Gasteiger partial charge in [0.05, 0.1) is 15.8 Å². The van der Waals surface area contributed by atoms with Gasteiger partial charge in [0.15, 0.2) is 17.2 Å². The van der Waals surface area contributed by atoms with Crippen LogP contribution in [0.1, 0.15) is 11.4 Å². The molecule has 0 amide bonds. The molecule has 0 unspecified atom stereocenters. The number of hydrogen-bond acceptors (Lipinski definition) is 4. The molecule has 132 valence electrons. The second kappa shape index (κ2) is 7.25. The Kier molecular flexibility index (Phi) is 4.80. The fraction of sp³-hybridized carbons (Fsp3) is 0.0526. The molecule has 0 aliphatic carbocycles. The van der Waals surface area contributed by atoms with Crippen molar-refractivity contribution in [3.63, 3.8) is 0 Å². The van der Waals surface area contributed by atoms with E-state index in [0.717, 1.165) is 19.2 Å². The van der Waals surface area contributed by atoms with Gasteiger partial charge in [0.1, 0.15) is 0 Å². The summed E-state index contributed by atoms with van der Waals surface area (Å²) in [6.07, 6.45) is 0.584. The lowest BCUT2D eigenvalue weighted by molar-refractivity contribution is 0.888. The van der Waals surface area contributed by atoms with Gasteiger partial charge in [-0.25, -0.2) is 14.8 Å². The first-order valence-corrected chi connectivity index (χ1v) is 9.86. The normalized spacial score (nSPS) is 10.9. The lowest BCUT2D eigenvalue weighted by Gasteiger charge is -2.07. The van der Waals surface area contributed by atoms with Crippen molar-refractivity contribution < 1.29 is 0 Å². The number of nitrogen functional groups attached to an aromatic ring is 1. The van der Waals surface area contributed by atoms with E-state index in [9.17, 15) is 0 Å². The Morgan fingerprint density at radius 3 is 2.74 bits per heavy atom. The molecule has 0 spiro atoms. The van der Waals surface area contributed by atoms with Gasteiger partial charge in [-0.15, -0.1) is 5.10 Å². The number of fused-ring (bicyclic) bond motifs is 1. The molecular formula is C19H12BrIN6. The highest BCUT2D eigenvalue weighted by Gasteiger charge is 2.17. The van der Waals surface area contributed by atoms with Crippen LogP contribution in [-0.4, -0.2) is 19.6 Å². The molecule has 0 radical (unpaired) electrons. The van der Waals surface area contributed by atoms with Crippen LogP contribution in [0.5, 0.6) is 0 Å². The van der Waals surface area contributed by atoms with Crippen molar-refractivity contribution in [1.29, 1.82) is 0 Å². The number of nitrogens with zero attached hydrogens (tertiary/aromatic N) is 5. The zero-order valence-corrected chi connectivity index (χ0v) is 17.6. The summed E-state index contributed by atoms with van der Waals surface area (Å²) in [7, 11) is 0. The maximum atomic E-state index is 7.21. The minimum Gasteiger partial charge on any atom is -0.368 e. The van der Waals surface area contributed by atoms with Gasteiger partial charge in [0, 0.05) is 10.9 Å². The van der Waals surface area contributed by atoms with E-state index in [2.05, 4.69) is 58.4 Å². The molecule has 8 heteroatoms. The van der Waals surface area contributed by atoms with E-state index in [1.807, 2.05) is 36.4 Å². The molecule has 0 saturated heterocycles. The average molecular weight is 531 g/mol. The fourth-order valence-electron chi connectivity index (χ4n) is 2.77. The monoisotopic (exact) mass is 530 g/mol. The molecule has 0 aliphatic rings. The van der Waals surface area contributed by atoms with E-state index in [0.29, 0.717) is 29.3 Å². The summed E-state index contributed by atoms with van der Waals surface area (Å²) in [6, 6.07) is 15.3. The lowest BCUT2D eigenvalue weighted by Crippen LogP contribution is -2.05. The van der Waals surface area contributed by atoms with Crippen LogP contribution >= 0.6 is 38.5 Å². The lowest BCUT2D eigenvalue weighted by atomic mass is 10.1. The number of rotatable bonds is 3. The first kappa shape index (κ1) is 17.9. The first-order chi connectivity index (χ1) is 13.1. The average Bonchev–Trinajstić information content (AvgIpc) is 3.11. The zero-order valence-electron chi connectivity index (χ0n) is 13.9. The summed E-state index contributed by atoms with van der Waals surface area (Å²) < 4.78 is 3.42. The molecule has 0 bridgehead atoms. The molecular weight excluding hydrogens is 519 g/mol. The highest BCUT2D eigenvalue weighted by Crippen LogP contribution is 2.30. The third-order valence-corrected chi connectivity index (χ3v) is 5.82. The molecule has 6 nitrogen and oxygen atoms in total. The van der Waals surface area contributed by atoms with Crippen molar-refractivity contribution in [2.24, 2.45) is 0 Å². The molecule has 4 rings (SSSR count). The van der Waals surface area contributed by atoms with E-state index < -0.39 is 0 Å². The number of benzene rings is 2. The van der Waals surface area contributed by atoms with E-state index in [-0.39, 0.29) is 5.95 Å². The van der Waals surface area contributed by atoms with Crippen molar-refractivity contribution in [3.05, 3.63) is 79.4 Å². The van der Waals surface area contributed by atoms with Crippen LogP contribution in [0.25, 0.3) is 21.7 Å². The molecule has 0 fully saturated rings. The standard InChI is InChI=1S/C19H12BrIN6/c1-23-13-7-4-6-12(9-13)17-16(21)18-24-15(26-27(18)19(22)25-17)10-11-5-2-3-8-14(11)20/h2-9H,10H2,(H2,22,25). The Hall–Kier alpha value is -2.51. The van der Waals surface area contributed by atoms with Gasteiger partial charge in [-0.1, -0.05) is 52.3 Å². The summed E-state index contributed by atoms with van der Waals surface area (Å²) in [5, 5.41) is 4.52. The predicted octanol–water partition coefficient (Wildman–Crippen LogP) is 4.88. The highest BCUT2D eigenvalue weighted by molar-refractivity contribution is 14.1. The first-order valence-electron chi connectivity index (χ1n) is 7.98. The summed E-state index contributed by atoms with van der Waals surface area (Å²) >= 11 is 5.76. The third kappa shape index (κ3) is 3.40. The molecule has 0 saturated carbocycles. The minimum atomic E-state index is 0.263. The van der Waals surface area contributed by atoms with Crippen molar-refractivity contribution in [3.8, 4) is 11.3 Å². The SMILES string of the molecule is [C-]#[N+]c1cccc(-c2nc(N)n3nc(Cc4ccccc4Br)nc3c2I)c1. The second-order valence-electron chi connectivity index (χ2n) is 5.83. The van der Waals surface area contributed by atoms with Crippen LogP contribution in [0.15, 0.2) is 53.0 Å². The number of anilines is 1. The van der Waals surface area contributed by atoms with Crippen molar-refractivity contribution in [2.45, 2.75) is 6.42 Å². The van der Waals surface area contributed by atoms with Crippen LogP contribution in [0.3, 0.4) is 0 Å². The molecule has 0 atom stereocenters. The van der Waals surface area contributed by atoms with Crippen LogP contribution in [-0.2, 0) is 6.42 Å². The Labute approximate surface area is 177 Å². The van der Waals surface area contributed by atoms with Crippen molar-refractivity contribution >= 4 is 55.8 Å². The summed E-state index contributed by atoms with van der Waals surface area (Å²) in [6.45, 7) is 7.21. The number of nitrogens with two attached hydrogens (primary N) is 1. The van der Waals surface area contributed by atoms with Crippen LogP contribution in [0.2, 0.25) is 0 Å². The molecule has 0 aliphatic heterocycles. The summed E-state index contributed by atoms with van der Waals surface area (Å²) in [5.74, 6) is 0.930. The van der Waals surface area contributed by atoms with Gasteiger partial charge in [0.2, 0.25) is 5.95 Å². The topological polar surface area (TPSA) is 73.5 Å². The smallest absolute Gasteiger partial charge is 0.223 e. The summed E-state index contributed by atoms with van der Waals surface area (Å²) in [5.41, 5.74) is 9.99. The number of hydrogen-bond donors (Lipinski definition) is 1. The Bertz CT molecular complexity index is 1210. The molecule has 2 N–H and O–H groups in total. The van der Waals surface area contributed by atoms with Crippen LogP contribution in [0, 0.1) is 10.1 Å². The summed E-state index contributed by atoms with van der Waals surface area (Å²) in [4.78, 5) is 12.7. The minimum absolute atomic E-state index is 0.263. The number of aromatic nitrogens is 4. The Balaban J connectivity index is 1.82. The van der Waals surface area contributed by atoms with Crippen molar-refractivity contribution in [2.75, 3.05) is 5.73 Å². The van der Waals surface area contributed by atoms with Gasteiger partial charge < -0.3 is 5.73 Å². The van der Waals surface area contributed by atoms with E-state index in [1.54, 1.807) is 16.6 Å². The van der Waals surface area contributed by atoms with Gasteiger partial charge in [-0.05, 0) is 45.9 Å².